The van der Waals surface area contributed by atoms with E-state index in [4.69, 9.17) is 5.26 Å². The van der Waals surface area contributed by atoms with Crippen molar-refractivity contribution >= 4 is 11.4 Å². The van der Waals surface area contributed by atoms with Crippen molar-refractivity contribution < 1.29 is 4.92 Å². The molecule has 0 saturated carbocycles. The van der Waals surface area contributed by atoms with E-state index in [2.05, 4.69) is 13.8 Å². The molecule has 1 aliphatic heterocycles. The van der Waals surface area contributed by atoms with Crippen molar-refractivity contribution in [3.05, 3.63) is 33.9 Å². The second-order valence-electron chi connectivity index (χ2n) is 5.42. The van der Waals surface area contributed by atoms with Crippen LogP contribution in [0.3, 0.4) is 0 Å². The quantitative estimate of drug-likeness (QED) is 0.604. The monoisotopic (exact) mass is 259 g/mol. The second kappa shape index (κ2) is 5.27. The van der Waals surface area contributed by atoms with Crippen LogP contribution in [0.4, 0.5) is 11.4 Å². The Morgan fingerprint density at radius 1 is 1.37 bits per heavy atom. The lowest BCUT2D eigenvalue weighted by atomic mass is 9.91. The number of nitro benzene ring substituents is 1. The van der Waals surface area contributed by atoms with Gasteiger partial charge in [-0.25, -0.2) is 0 Å². The zero-order valence-electron chi connectivity index (χ0n) is 11.2. The molecular formula is C14H17N3O2. The third-order valence-electron chi connectivity index (χ3n) is 3.51. The summed E-state index contributed by atoms with van der Waals surface area (Å²) >= 11 is 0. The Bertz CT molecular complexity index is 526. The van der Waals surface area contributed by atoms with Crippen LogP contribution in [-0.4, -0.2) is 18.0 Å². The summed E-state index contributed by atoms with van der Waals surface area (Å²) in [5, 5.41) is 20.1. The van der Waals surface area contributed by atoms with Gasteiger partial charge in [-0.05, 0) is 30.4 Å². The molecule has 1 saturated heterocycles. The van der Waals surface area contributed by atoms with Gasteiger partial charge in [0.1, 0.15) is 5.69 Å². The minimum absolute atomic E-state index is 0.0836. The Hall–Kier alpha value is -2.09. The zero-order valence-corrected chi connectivity index (χ0v) is 11.2. The summed E-state index contributed by atoms with van der Waals surface area (Å²) in [4.78, 5) is 12.8. The Balaban J connectivity index is 2.41. The van der Waals surface area contributed by atoms with Crippen molar-refractivity contribution in [2.45, 2.75) is 20.3 Å². The predicted octanol–water partition coefficient (Wildman–Crippen LogP) is 2.95. The highest BCUT2D eigenvalue weighted by Crippen LogP contribution is 2.33. The maximum absolute atomic E-state index is 11.1. The molecule has 2 unspecified atom stereocenters. The van der Waals surface area contributed by atoms with Crippen LogP contribution < -0.4 is 4.90 Å². The number of anilines is 1. The first-order chi connectivity index (χ1) is 9.01. The van der Waals surface area contributed by atoms with Crippen LogP contribution in [0.2, 0.25) is 0 Å². The fraction of sp³-hybridized carbons (Fsp3) is 0.500. The minimum Gasteiger partial charge on any atom is -0.365 e. The third-order valence-corrected chi connectivity index (χ3v) is 3.51. The average Bonchev–Trinajstić information content (AvgIpc) is 2.36. The van der Waals surface area contributed by atoms with Gasteiger partial charge < -0.3 is 4.90 Å². The highest BCUT2D eigenvalue weighted by Gasteiger charge is 2.27. The van der Waals surface area contributed by atoms with Crippen LogP contribution in [-0.2, 0) is 0 Å². The van der Waals surface area contributed by atoms with E-state index < -0.39 is 0 Å². The Morgan fingerprint density at radius 2 is 2.00 bits per heavy atom. The first kappa shape index (κ1) is 13.3. The fourth-order valence-electron chi connectivity index (χ4n) is 2.86. The molecule has 0 aromatic heterocycles. The topological polar surface area (TPSA) is 70.2 Å². The van der Waals surface area contributed by atoms with Crippen LogP contribution in [0.15, 0.2) is 18.2 Å². The number of nitriles is 1. The molecule has 100 valence electrons. The molecule has 1 aliphatic rings. The largest absolute Gasteiger partial charge is 0.365 e. The molecule has 1 fully saturated rings. The summed E-state index contributed by atoms with van der Waals surface area (Å²) in [7, 11) is 0. The van der Waals surface area contributed by atoms with Crippen molar-refractivity contribution in [2.75, 3.05) is 18.0 Å². The Kier molecular flexibility index (Phi) is 3.70. The van der Waals surface area contributed by atoms with E-state index in [0.29, 0.717) is 23.1 Å². The zero-order chi connectivity index (χ0) is 14.0. The molecule has 2 atom stereocenters. The second-order valence-corrected chi connectivity index (χ2v) is 5.42. The van der Waals surface area contributed by atoms with E-state index >= 15 is 0 Å². The average molecular weight is 259 g/mol. The summed E-state index contributed by atoms with van der Waals surface area (Å²) < 4.78 is 0. The lowest BCUT2D eigenvalue weighted by Crippen LogP contribution is -2.39. The summed E-state index contributed by atoms with van der Waals surface area (Å²) in [5.41, 5.74) is 1.12. The molecule has 0 amide bonds. The number of nitro groups is 1. The van der Waals surface area contributed by atoms with Crippen LogP contribution >= 0.6 is 0 Å². The lowest BCUT2D eigenvalue weighted by molar-refractivity contribution is -0.384. The van der Waals surface area contributed by atoms with Crippen LogP contribution in [0, 0.1) is 33.3 Å². The molecule has 0 bridgehead atoms. The van der Waals surface area contributed by atoms with Crippen LogP contribution in [0.1, 0.15) is 25.8 Å². The van der Waals surface area contributed by atoms with Gasteiger partial charge in [-0.2, -0.15) is 5.26 Å². The summed E-state index contributed by atoms with van der Waals surface area (Å²) in [6.45, 7) is 5.92. The molecule has 1 aromatic rings. The van der Waals surface area contributed by atoms with Crippen molar-refractivity contribution in [1.82, 2.24) is 0 Å². The molecule has 5 nitrogen and oxygen atoms in total. The number of hydrogen-bond acceptors (Lipinski definition) is 4. The van der Waals surface area contributed by atoms with Gasteiger partial charge in [0.05, 0.1) is 16.6 Å². The predicted molar refractivity (Wildman–Crippen MR) is 73.0 cm³/mol. The van der Waals surface area contributed by atoms with Crippen molar-refractivity contribution in [3.63, 3.8) is 0 Å². The number of piperidine rings is 1. The smallest absolute Gasteiger partial charge is 0.292 e. The van der Waals surface area contributed by atoms with Crippen LogP contribution in [0.5, 0.6) is 0 Å². The van der Waals surface area contributed by atoms with Gasteiger partial charge in [-0.3, -0.25) is 10.1 Å². The van der Waals surface area contributed by atoms with E-state index in [0.717, 1.165) is 19.5 Å². The third kappa shape index (κ3) is 2.84. The van der Waals surface area contributed by atoms with Gasteiger partial charge in [0.25, 0.3) is 5.69 Å². The highest BCUT2D eigenvalue weighted by molar-refractivity contribution is 5.66. The Morgan fingerprint density at radius 3 is 2.53 bits per heavy atom. The lowest BCUT2D eigenvalue weighted by Gasteiger charge is -2.36. The van der Waals surface area contributed by atoms with Gasteiger partial charge in [0.15, 0.2) is 0 Å². The first-order valence-corrected chi connectivity index (χ1v) is 6.44. The summed E-state index contributed by atoms with van der Waals surface area (Å²) in [6, 6.07) is 6.60. The molecular weight excluding hydrogens is 242 g/mol. The van der Waals surface area contributed by atoms with E-state index in [1.54, 1.807) is 6.07 Å². The van der Waals surface area contributed by atoms with Gasteiger partial charge in [0.2, 0.25) is 0 Å². The molecule has 1 heterocycles. The van der Waals surface area contributed by atoms with Crippen LogP contribution in [0.25, 0.3) is 0 Å². The van der Waals surface area contributed by atoms with Gasteiger partial charge in [-0.15, -0.1) is 0 Å². The number of hydrogen-bond donors (Lipinski definition) is 0. The van der Waals surface area contributed by atoms with Crippen molar-refractivity contribution in [1.29, 1.82) is 5.26 Å². The normalized spacial score (nSPS) is 22.9. The number of rotatable bonds is 2. The first-order valence-electron chi connectivity index (χ1n) is 6.44. The molecule has 1 aromatic carbocycles. The molecule has 2 rings (SSSR count). The standard InChI is InChI=1S/C14H17N3O2/c1-10-5-11(2)9-16(8-10)14-6-12(7-15)3-4-13(14)17(18)19/h3-4,6,10-11H,5,8-9H2,1-2H3. The van der Waals surface area contributed by atoms with Gasteiger partial charge in [0, 0.05) is 19.2 Å². The summed E-state index contributed by atoms with van der Waals surface area (Å²) in [5.74, 6) is 1.02. The fourth-order valence-corrected chi connectivity index (χ4v) is 2.86. The molecule has 0 aliphatic carbocycles. The maximum atomic E-state index is 11.1. The van der Waals surface area contributed by atoms with E-state index in [-0.39, 0.29) is 10.6 Å². The molecule has 5 heteroatoms. The SMILES string of the molecule is CC1CC(C)CN(c2cc(C#N)ccc2[N+](=O)[O-])C1. The molecule has 19 heavy (non-hydrogen) atoms. The maximum Gasteiger partial charge on any atom is 0.292 e. The van der Waals surface area contributed by atoms with E-state index in [1.165, 1.54) is 12.1 Å². The minimum atomic E-state index is -0.375. The van der Waals surface area contributed by atoms with Crippen molar-refractivity contribution in [3.8, 4) is 6.07 Å². The van der Waals surface area contributed by atoms with E-state index in [1.807, 2.05) is 11.0 Å². The van der Waals surface area contributed by atoms with Gasteiger partial charge in [-0.1, -0.05) is 13.8 Å². The van der Waals surface area contributed by atoms with E-state index in [9.17, 15) is 10.1 Å². The molecule has 0 N–H and O–H groups in total. The molecule has 0 spiro atoms. The molecule has 0 radical (unpaired) electrons. The number of benzene rings is 1. The number of nitrogens with zero attached hydrogens (tertiary/aromatic N) is 3. The highest BCUT2D eigenvalue weighted by atomic mass is 16.6. The summed E-state index contributed by atoms with van der Waals surface area (Å²) in [6.07, 6.45) is 1.14. The van der Waals surface area contributed by atoms with Gasteiger partial charge >= 0.3 is 0 Å². The van der Waals surface area contributed by atoms with Crippen molar-refractivity contribution in [2.24, 2.45) is 11.8 Å². The Labute approximate surface area is 112 Å².